The standard InChI is InChI=1S/C14H14ClN3OS/c1-2-18(7-3-6-16)14(19)10-20-13-5-4-11(9-17)8-12(13)15/h4-5,8H,2-3,7,10H2,1H3. The van der Waals surface area contributed by atoms with E-state index in [9.17, 15) is 4.79 Å². The minimum absolute atomic E-state index is 0.0202. The molecule has 0 N–H and O–H groups in total. The number of benzene rings is 1. The van der Waals surface area contributed by atoms with Crippen molar-refractivity contribution in [2.45, 2.75) is 18.2 Å². The zero-order valence-corrected chi connectivity index (χ0v) is 12.7. The second-order valence-corrected chi connectivity index (χ2v) is 5.35. The molecule has 0 aliphatic carbocycles. The van der Waals surface area contributed by atoms with E-state index in [-0.39, 0.29) is 11.7 Å². The van der Waals surface area contributed by atoms with Crippen LogP contribution >= 0.6 is 23.4 Å². The SMILES string of the molecule is CCN(CCC#N)C(=O)CSc1ccc(C#N)cc1Cl. The molecule has 0 aliphatic heterocycles. The van der Waals surface area contributed by atoms with E-state index in [1.54, 1.807) is 23.1 Å². The van der Waals surface area contributed by atoms with Crippen LogP contribution in [0.15, 0.2) is 23.1 Å². The molecule has 1 aromatic rings. The largest absolute Gasteiger partial charge is 0.341 e. The molecular weight excluding hydrogens is 294 g/mol. The number of carbonyl (C=O) groups is 1. The van der Waals surface area contributed by atoms with Gasteiger partial charge in [-0.25, -0.2) is 0 Å². The molecule has 0 unspecified atom stereocenters. The number of hydrogen-bond acceptors (Lipinski definition) is 4. The molecule has 4 nitrogen and oxygen atoms in total. The second-order valence-electron chi connectivity index (χ2n) is 3.93. The lowest BCUT2D eigenvalue weighted by Crippen LogP contribution is -2.33. The van der Waals surface area contributed by atoms with Gasteiger partial charge in [0.05, 0.1) is 34.9 Å². The van der Waals surface area contributed by atoms with Crippen molar-refractivity contribution in [1.82, 2.24) is 4.90 Å². The molecule has 6 heteroatoms. The van der Waals surface area contributed by atoms with Crippen molar-refractivity contribution < 1.29 is 4.79 Å². The molecule has 0 radical (unpaired) electrons. The average molecular weight is 308 g/mol. The van der Waals surface area contributed by atoms with Crippen LogP contribution in [0.4, 0.5) is 0 Å². The van der Waals surface area contributed by atoms with Crippen LogP contribution in [0.1, 0.15) is 18.9 Å². The highest BCUT2D eigenvalue weighted by Crippen LogP contribution is 2.28. The van der Waals surface area contributed by atoms with E-state index < -0.39 is 0 Å². The van der Waals surface area contributed by atoms with Crippen LogP contribution in [0.5, 0.6) is 0 Å². The quantitative estimate of drug-likeness (QED) is 0.757. The summed E-state index contributed by atoms with van der Waals surface area (Å²) in [6.45, 7) is 2.92. The molecule has 0 heterocycles. The first-order valence-electron chi connectivity index (χ1n) is 6.09. The Morgan fingerprint density at radius 1 is 1.45 bits per heavy atom. The Morgan fingerprint density at radius 3 is 2.75 bits per heavy atom. The van der Waals surface area contributed by atoms with Gasteiger partial charge in [-0.2, -0.15) is 10.5 Å². The summed E-state index contributed by atoms with van der Waals surface area (Å²) in [5.74, 6) is 0.249. The Bertz CT molecular complexity index is 563. The lowest BCUT2D eigenvalue weighted by atomic mass is 10.2. The van der Waals surface area contributed by atoms with E-state index in [1.165, 1.54) is 11.8 Å². The number of nitriles is 2. The van der Waals surface area contributed by atoms with E-state index >= 15 is 0 Å². The summed E-state index contributed by atoms with van der Waals surface area (Å²) in [5, 5.41) is 17.8. The third-order valence-corrected chi connectivity index (χ3v) is 4.12. The molecule has 0 fully saturated rings. The summed E-state index contributed by atoms with van der Waals surface area (Å²) < 4.78 is 0. The van der Waals surface area contributed by atoms with Crippen molar-refractivity contribution in [1.29, 1.82) is 10.5 Å². The van der Waals surface area contributed by atoms with Gasteiger partial charge in [-0.05, 0) is 25.1 Å². The highest BCUT2D eigenvalue weighted by atomic mass is 35.5. The highest BCUT2D eigenvalue weighted by molar-refractivity contribution is 8.00. The second kappa shape index (κ2) is 8.47. The van der Waals surface area contributed by atoms with E-state index in [2.05, 4.69) is 0 Å². The first-order chi connectivity index (χ1) is 9.62. The number of nitrogens with zero attached hydrogens (tertiary/aromatic N) is 3. The van der Waals surface area contributed by atoms with Crippen LogP contribution in [0, 0.1) is 22.7 Å². The van der Waals surface area contributed by atoms with Gasteiger partial charge in [-0.3, -0.25) is 4.79 Å². The van der Waals surface area contributed by atoms with Gasteiger partial charge >= 0.3 is 0 Å². The molecule has 20 heavy (non-hydrogen) atoms. The van der Waals surface area contributed by atoms with Gasteiger partial charge in [0, 0.05) is 18.0 Å². The number of carbonyl (C=O) groups excluding carboxylic acids is 1. The van der Waals surface area contributed by atoms with Gasteiger partial charge in [0.1, 0.15) is 0 Å². The van der Waals surface area contributed by atoms with Crippen LogP contribution in [0.25, 0.3) is 0 Å². The van der Waals surface area contributed by atoms with Gasteiger partial charge in [-0.15, -0.1) is 11.8 Å². The zero-order valence-electron chi connectivity index (χ0n) is 11.1. The third-order valence-electron chi connectivity index (χ3n) is 2.64. The summed E-state index contributed by atoms with van der Waals surface area (Å²) >= 11 is 7.38. The molecule has 0 aromatic heterocycles. The predicted octanol–water partition coefficient (Wildman–Crippen LogP) is 3.07. The average Bonchev–Trinajstić information content (AvgIpc) is 2.46. The summed E-state index contributed by atoms with van der Waals surface area (Å²) in [6.07, 6.45) is 0.335. The third kappa shape index (κ3) is 4.77. The molecule has 1 rings (SSSR count). The Balaban J connectivity index is 2.60. The molecular formula is C14H14ClN3OS. The van der Waals surface area contributed by atoms with Crippen molar-refractivity contribution in [3.05, 3.63) is 28.8 Å². The maximum atomic E-state index is 12.0. The van der Waals surface area contributed by atoms with E-state index in [0.717, 1.165) is 4.90 Å². The minimum atomic E-state index is -0.0202. The topological polar surface area (TPSA) is 67.9 Å². The van der Waals surface area contributed by atoms with Crippen molar-refractivity contribution >= 4 is 29.3 Å². The summed E-state index contributed by atoms with van der Waals surface area (Å²) in [4.78, 5) is 14.4. The van der Waals surface area contributed by atoms with Gasteiger partial charge in [0.15, 0.2) is 0 Å². The Hall–Kier alpha value is -1.69. The highest BCUT2D eigenvalue weighted by Gasteiger charge is 2.12. The van der Waals surface area contributed by atoms with Crippen LogP contribution in [-0.2, 0) is 4.79 Å². The lowest BCUT2D eigenvalue weighted by Gasteiger charge is -2.19. The molecule has 0 aliphatic rings. The number of halogens is 1. The molecule has 1 amide bonds. The zero-order chi connectivity index (χ0) is 15.0. The fourth-order valence-electron chi connectivity index (χ4n) is 1.56. The van der Waals surface area contributed by atoms with Crippen molar-refractivity contribution in [3.8, 4) is 12.1 Å². The molecule has 0 atom stereocenters. The molecule has 1 aromatic carbocycles. The van der Waals surface area contributed by atoms with Gasteiger partial charge in [0.25, 0.3) is 0 Å². The molecule has 0 spiro atoms. The van der Waals surface area contributed by atoms with Crippen molar-refractivity contribution in [2.75, 3.05) is 18.8 Å². The van der Waals surface area contributed by atoms with Gasteiger partial charge in [0.2, 0.25) is 5.91 Å². The van der Waals surface area contributed by atoms with Gasteiger partial charge < -0.3 is 4.90 Å². The Kier molecular flexibility index (Phi) is 6.93. The van der Waals surface area contributed by atoms with Crippen LogP contribution in [-0.4, -0.2) is 29.6 Å². The van der Waals surface area contributed by atoms with E-state index in [1.807, 2.05) is 19.1 Å². The maximum absolute atomic E-state index is 12.0. The molecule has 104 valence electrons. The molecule has 0 saturated heterocycles. The number of amides is 1. The van der Waals surface area contributed by atoms with Crippen LogP contribution in [0.3, 0.4) is 0 Å². The number of hydrogen-bond donors (Lipinski definition) is 0. The monoisotopic (exact) mass is 307 g/mol. The molecule has 0 bridgehead atoms. The maximum Gasteiger partial charge on any atom is 0.232 e. The number of rotatable bonds is 6. The van der Waals surface area contributed by atoms with Crippen molar-refractivity contribution in [2.24, 2.45) is 0 Å². The van der Waals surface area contributed by atoms with E-state index in [4.69, 9.17) is 22.1 Å². The van der Waals surface area contributed by atoms with Crippen LogP contribution < -0.4 is 0 Å². The summed E-state index contributed by atoms with van der Waals surface area (Å²) in [5.41, 5.74) is 0.495. The van der Waals surface area contributed by atoms with Crippen molar-refractivity contribution in [3.63, 3.8) is 0 Å². The van der Waals surface area contributed by atoms with E-state index in [0.29, 0.717) is 30.1 Å². The first-order valence-corrected chi connectivity index (χ1v) is 7.45. The summed E-state index contributed by atoms with van der Waals surface area (Å²) in [7, 11) is 0. The normalized spacial score (nSPS) is 9.60. The fourth-order valence-corrected chi connectivity index (χ4v) is 2.73. The first kappa shape index (κ1) is 16.4. The Morgan fingerprint density at radius 2 is 2.20 bits per heavy atom. The van der Waals surface area contributed by atoms with Gasteiger partial charge in [-0.1, -0.05) is 11.6 Å². The number of thioether (sulfide) groups is 1. The van der Waals surface area contributed by atoms with Crippen LogP contribution in [0.2, 0.25) is 5.02 Å². The lowest BCUT2D eigenvalue weighted by molar-refractivity contribution is -0.128. The Labute approximate surface area is 127 Å². The minimum Gasteiger partial charge on any atom is -0.341 e. The fraction of sp³-hybridized carbons (Fsp3) is 0.357. The smallest absolute Gasteiger partial charge is 0.232 e. The molecule has 0 saturated carbocycles. The summed E-state index contributed by atoms with van der Waals surface area (Å²) in [6, 6.07) is 9.04. The predicted molar refractivity (Wildman–Crippen MR) is 79.4 cm³/mol.